The van der Waals surface area contributed by atoms with Crippen molar-refractivity contribution >= 4 is 17.9 Å². The number of hydrogen-bond acceptors (Lipinski definition) is 6. The van der Waals surface area contributed by atoms with Gasteiger partial charge in [0.2, 0.25) is 0 Å². The fraction of sp³-hybridized carbons (Fsp3) is 0.222. The van der Waals surface area contributed by atoms with Gasteiger partial charge in [-0.2, -0.15) is 0 Å². The molecule has 174 valence electrons. The van der Waals surface area contributed by atoms with Crippen LogP contribution in [-0.4, -0.2) is 37.7 Å². The van der Waals surface area contributed by atoms with E-state index in [0.717, 1.165) is 0 Å². The zero-order valence-electron chi connectivity index (χ0n) is 18.7. The Labute approximate surface area is 195 Å². The van der Waals surface area contributed by atoms with Crippen molar-refractivity contribution in [2.75, 3.05) is 19.8 Å². The Morgan fingerprint density at radius 3 is 1.48 bits per heavy atom. The van der Waals surface area contributed by atoms with Crippen molar-refractivity contribution in [3.05, 3.63) is 109 Å². The molecule has 0 amide bonds. The van der Waals surface area contributed by atoms with Gasteiger partial charge in [0, 0.05) is 0 Å². The molecule has 0 aliphatic carbocycles. The molecular weight excluding hydrogens is 420 g/mol. The van der Waals surface area contributed by atoms with Gasteiger partial charge in [-0.25, -0.2) is 14.4 Å². The van der Waals surface area contributed by atoms with Crippen molar-refractivity contribution in [3.8, 4) is 0 Å². The second-order valence-corrected chi connectivity index (χ2v) is 6.54. The molecular formula is C27H30O6. The van der Waals surface area contributed by atoms with E-state index in [2.05, 4.69) is 19.7 Å². The Balaban J connectivity index is 3.01. The van der Waals surface area contributed by atoms with Gasteiger partial charge in [0.1, 0.15) is 19.8 Å². The van der Waals surface area contributed by atoms with Gasteiger partial charge in [0.25, 0.3) is 0 Å². The van der Waals surface area contributed by atoms with Crippen LogP contribution in [0.15, 0.2) is 92.6 Å². The smallest absolute Gasteiger partial charge is 0.339 e. The van der Waals surface area contributed by atoms with Crippen molar-refractivity contribution < 1.29 is 28.6 Å². The summed E-state index contributed by atoms with van der Waals surface area (Å²) >= 11 is 0. The average molecular weight is 451 g/mol. The van der Waals surface area contributed by atoms with E-state index in [9.17, 15) is 14.4 Å². The highest BCUT2D eigenvalue weighted by Gasteiger charge is 2.22. The summed E-state index contributed by atoms with van der Waals surface area (Å²) in [5, 5.41) is 0. The molecule has 1 aromatic carbocycles. The number of esters is 3. The predicted molar refractivity (Wildman–Crippen MR) is 129 cm³/mol. The van der Waals surface area contributed by atoms with Gasteiger partial charge >= 0.3 is 17.9 Å². The van der Waals surface area contributed by atoms with Crippen molar-refractivity contribution in [2.24, 2.45) is 0 Å². The minimum Gasteiger partial charge on any atom is -0.458 e. The van der Waals surface area contributed by atoms with Crippen molar-refractivity contribution in [2.45, 2.75) is 19.3 Å². The summed E-state index contributed by atoms with van der Waals surface area (Å²) in [4.78, 5) is 37.5. The van der Waals surface area contributed by atoms with Crippen LogP contribution in [0.3, 0.4) is 0 Å². The molecule has 0 saturated heterocycles. The maximum atomic E-state index is 12.6. The molecule has 0 saturated carbocycles. The van der Waals surface area contributed by atoms with E-state index in [1.54, 1.807) is 48.6 Å². The van der Waals surface area contributed by atoms with Gasteiger partial charge < -0.3 is 14.2 Å². The second kappa shape index (κ2) is 16.7. The third kappa shape index (κ3) is 10.8. The molecule has 0 unspecified atom stereocenters. The normalized spacial score (nSPS) is 10.9. The van der Waals surface area contributed by atoms with Gasteiger partial charge in [0.15, 0.2) is 0 Å². The molecule has 6 heteroatoms. The number of ether oxygens (including phenoxy) is 3. The molecule has 0 aromatic heterocycles. The molecule has 0 aliphatic rings. The number of carbonyl (C=O) groups excluding carboxylic acids is 3. The molecule has 0 N–H and O–H groups in total. The number of allylic oxidation sites excluding steroid dienone is 6. The Bertz CT molecular complexity index is 921. The van der Waals surface area contributed by atoms with Crippen LogP contribution < -0.4 is 0 Å². The molecule has 0 fully saturated rings. The van der Waals surface area contributed by atoms with Gasteiger partial charge in [-0.15, -0.1) is 19.7 Å². The summed E-state index contributed by atoms with van der Waals surface area (Å²) in [5.74, 6) is -2.10. The number of benzene rings is 1. The van der Waals surface area contributed by atoms with Crippen LogP contribution in [0.5, 0.6) is 0 Å². The molecule has 33 heavy (non-hydrogen) atoms. The average Bonchev–Trinajstić information content (AvgIpc) is 2.82. The fourth-order valence-corrected chi connectivity index (χ4v) is 2.41. The van der Waals surface area contributed by atoms with Crippen LogP contribution in [0.2, 0.25) is 0 Å². The summed E-state index contributed by atoms with van der Waals surface area (Å²) in [5.41, 5.74) is 0.0298. The fourth-order valence-electron chi connectivity index (χ4n) is 2.41. The molecule has 0 heterocycles. The van der Waals surface area contributed by atoms with E-state index in [1.165, 1.54) is 18.2 Å². The van der Waals surface area contributed by atoms with Crippen LogP contribution in [0.4, 0.5) is 0 Å². The van der Waals surface area contributed by atoms with Gasteiger partial charge in [0.05, 0.1) is 16.7 Å². The molecule has 1 rings (SSSR count). The lowest BCUT2D eigenvalue weighted by Gasteiger charge is -2.10. The minimum absolute atomic E-state index is 0.00498. The molecule has 0 spiro atoms. The first kappa shape index (κ1) is 27.1. The quantitative estimate of drug-likeness (QED) is 0.198. The molecule has 0 aliphatic heterocycles. The van der Waals surface area contributed by atoms with Crippen LogP contribution >= 0.6 is 0 Å². The predicted octanol–water partition coefficient (Wildman–Crippen LogP) is 5.55. The molecule has 1 aromatic rings. The minimum atomic E-state index is -0.757. The zero-order chi connectivity index (χ0) is 24.3. The SMILES string of the molecule is C=CC/C=C\COC(=O)c1cc(C(=O)OC/C=C/CC=C)ccc1C(=O)OC/C=C/CC=C. The summed E-state index contributed by atoms with van der Waals surface area (Å²) in [6, 6.07) is 4.03. The summed E-state index contributed by atoms with van der Waals surface area (Å²) in [6.45, 7) is 10.9. The number of hydrogen-bond donors (Lipinski definition) is 0. The third-order valence-corrected chi connectivity index (χ3v) is 4.04. The number of rotatable bonds is 15. The lowest BCUT2D eigenvalue weighted by molar-refractivity contribution is 0.0500. The highest BCUT2D eigenvalue weighted by molar-refractivity contribution is 6.05. The van der Waals surface area contributed by atoms with Crippen LogP contribution in [0.25, 0.3) is 0 Å². The van der Waals surface area contributed by atoms with E-state index in [0.29, 0.717) is 19.3 Å². The van der Waals surface area contributed by atoms with Crippen LogP contribution in [0.1, 0.15) is 50.3 Å². The Kier molecular flexibility index (Phi) is 13.7. The number of carbonyl (C=O) groups is 3. The van der Waals surface area contributed by atoms with E-state index < -0.39 is 17.9 Å². The third-order valence-electron chi connectivity index (χ3n) is 4.04. The first-order valence-corrected chi connectivity index (χ1v) is 10.5. The van der Waals surface area contributed by atoms with E-state index in [4.69, 9.17) is 14.2 Å². The zero-order valence-corrected chi connectivity index (χ0v) is 18.7. The molecule has 0 atom stereocenters. The maximum absolute atomic E-state index is 12.6. The second-order valence-electron chi connectivity index (χ2n) is 6.54. The van der Waals surface area contributed by atoms with Crippen molar-refractivity contribution in [3.63, 3.8) is 0 Å². The Morgan fingerprint density at radius 1 is 0.606 bits per heavy atom. The van der Waals surface area contributed by atoms with Crippen LogP contribution in [0, 0.1) is 0 Å². The highest BCUT2D eigenvalue weighted by atomic mass is 16.5. The molecule has 0 radical (unpaired) electrons. The topological polar surface area (TPSA) is 78.9 Å². The maximum Gasteiger partial charge on any atom is 0.339 e. The monoisotopic (exact) mass is 450 g/mol. The van der Waals surface area contributed by atoms with Gasteiger partial charge in [-0.1, -0.05) is 54.7 Å². The van der Waals surface area contributed by atoms with Gasteiger partial charge in [-0.3, -0.25) is 0 Å². The van der Waals surface area contributed by atoms with Gasteiger partial charge in [-0.05, 0) is 37.5 Å². The standard InChI is InChI=1S/C27H30O6/c1-4-7-10-13-18-31-25(28)22-16-17-23(26(29)32-19-14-11-8-5-2)24(21-22)27(30)33-20-15-12-9-6-3/h4-6,10-17,21H,1-3,7-9,18-20H2/b13-10+,14-11+,15-12-. The van der Waals surface area contributed by atoms with Crippen molar-refractivity contribution in [1.82, 2.24) is 0 Å². The Morgan fingerprint density at radius 2 is 1.03 bits per heavy atom. The lowest BCUT2D eigenvalue weighted by atomic mass is 10.0. The summed E-state index contributed by atoms with van der Waals surface area (Å²) < 4.78 is 15.6. The van der Waals surface area contributed by atoms with E-state index >= 15 is 0 Å². The lowest BCUT2D eigenvalue weighted by Crippen LogP contribution is -2.16. The highest BCUT2D eigenvalue weighted by Crippen LogP contribution is 2.16. The Hall–Kier alpha value is -3.93. The molecule has 0 bridgehead atoms. The van der Waals surface area contributed by atoms with E-state index in [-0.39, 0.29) is 36.5 Å². The summed E-state index contributed by atoms with van der Waals surface area (Å²) in [6.07, 6.45) is 17.5. The largest absolute Gasteiger partial charge is 0.458 e. The van der Waals surface area contributed by atoms with Crippen LogP contribution in [-0.2, 0) is 14.2 Å². The first-order valence-electron chi connectivity index (χ1n) is 10.5. The van der Waals surface area contributed by atoms with E-state index in [1.807, 2.05) is 6.08 Å². The molecule has 6 nitrogen and oxygen atoms in total. The van der Waals surface area contributed by atoms with Crippen molar-refractivity contribution in [1.29, 1.82) is 0 Å². The first-order chi connectivity index (χ1) is 16.0. The summed E-state index contributed by atoms with van der Waals surface area (Å²) in [7, 11) is 0.